The van der Waals surface area contributed by atoms with Gasteiger partial charge in [-0.1, -0.05) is 33.6 Å². The fraction of sp³-hybridized carbons (Fsp3) is 0.167. The third kappa shape index (κ3) is 6.79. The summed E-state index contributed by atoms with van der Waals surface area (Å²) in [5.74, 6) is -0.436. The number of carbonyl (C=O) groups excluding carboxylic acids is 2. The van der Waals surface area contributed by atoms with Gasteiger partial charge in [-0.2, -0.15) is 0 Å². The summed E-state index contributed by atoms with van der Waals surface area (Å²) in [4.78, 5) is 25.8. The highest BCUT2D eigenvalue weighted by molar-refractivity contribution is 9.10. The zero-order chi connectivity index (χ0) is 23.8. The normalized spacial score (nSPS) is 10.5. The van der Waals surface area contributed by atoms with Gasteiger partial charge in [0, 0.05) is 29.5 Å². The lowest BCUT2D eigenvalue weighted by Crippen LogP contribution is -2.17. The SMILES string of the molecule is COCCOc1ccc(NC(=O)c2cc(CN)ccc2Cl)cc1C(=O)Nc1ccc(Br)cc1. The zero-order valence-corrected chi connectivity index (χ0v) is 20.2. The predicted octanol–water partition coefficient (Wildman–Crippen LogP) is 5.09. The van der Waals surface area contributed by atoms with Crippen LogP contribution in [0.3, 0.4) is 0 Å². The zero-order valence-electron chi connectivity index (χ0n) is 17.9. The number of nitrogens with two attached hydrogens (primary N) is 1. The molecule has 0 saturated carbocycles. The van der Waals surface area contributed by atoms with Gasteiger partial charge in [-0.3, -0.25) is 9.59 Å². The molecule has 9 heteroatoms. The van der Waals surface area contributed by atoms with E-state index in [2.05, 4.69) is 26.6 Å². The van der Waals surface area contributed by atoms with Gasteiger partial charge in [-0.25, -0.2) is 0 Å². The van der Waals surface area contributed by atoms with Gasteiger partial charge < -0.3 is 25.8 Å². The third-order valence-corrected chi connectivity index (χ3v) is 5.50. The molecule has 7 nitrogen and oxygen atoms in total. The van der Waals surface area contributed by atoms with Crippen LogP contribution in [0.15, 0.2) is 65.1 Å². The molecule has 2 amide bonds. The summed E-state index contributed by atoms with van der Waals surface area (Å²) in [5, 5.41) is 5.92. The number of hydrogen-bond donors (Lipinski definition) is 3. The van der Waals surface area contributed by atoms with E-state index < -0.39 is 5.91 Å². The van der Waals surface area contributed by atoms with Crippen LogP contribution in [0.5, 0.6) is 5.75 Å². The molecular weight excluding hydrogens is 510 g/mol. The second-order valence-electron chi connectivity index (χ2n) is 6.99. The van der Waals surface area contributed by atoms with Gasteiger partial charge in [0.1, 0.15) is 12.4 Å². The number of hydrogen-bond acceptors (Lipinski definition) is 5. The van der Waals surface area contributed by atoms with Crippen LogP contribution >= 0.6 is 27.5 Å². The van der Waals surface area contributed by atoms with E-state index in [1.807, 2.05) is 12.1 Å². The molecule has 0 aliphatic carbocycles. The van der Waals surface area contributed by atoms with E-state index in [0.717, 1.165) is 10.0 Å². The molecule has 0 radical (unpaired) electrons. The van der Waals surface area contributed by atoms with Gasteiger partial charge in [-0.05, 0) is 60.2 Å². The van der Waals surface area contributed by atoms with Crippen LogP contribution in [0.4, 0.5) is 11.4 Å². The molecule has 3 aromatic rings. The number of benzene rings is 3. The molecule has 0 saturated heterocycles. The summed E-state index contributed by atoms with van der Waals surface area (Å²) in [5.41, 5.74) is 8.03. The third-order valence-electron chi connectivity index (χ3n) is 4.64. The minimum absolute atomic E-state index is 0.258. The van der Waals surface area contributed by atoms with Gasteiger partial charge >= 0.3 is 0 Å². The first kappa shape index (κ1) is 24.7. The summed E-state index contributed by atoms with van der Waals surface area (Å²) in [7, 11) is 1.56. The first-order chi connectivity index (χ1) is 15.9. The Morgan fingerprint density at radius 1 is 0.909 bits per heavy atom. The maximum absolute atomic E-state index is 13.0. The molecule has 0 aliphatic heterocycles. The van der Waals surface area contributed by atoms with E-state index in [1.54, 1.807) is 55.6 Å². The number of rotatable bonds is 9. The average Bonchev–Trinajstić information content (AvgIpc) is 2.81. The Hall–Kier alpha value is -2.91. The van der Waals surface area contributed by atoms with Gasteiger partial charge in [0.2, 0.25) is 0 Å². The van der Waals surface area contributed by atoms with Crippen molar-refractivity contribution in [3.05, 3.63) is 86.8 Å². The summed E-state index contributed by atoms with van der Waals surface area (Å²) in [6.45, 7) is 0.913. The van der Waals surface area contributed by atoms with Crippen LogP contribution in [0.2, 0.25) is 5.02 Å². The first-order valence-corrected chi connectivity index (χ1v) is 11.2. The molecule has 0 heterocycles. The van der Waals surface area contributed by atoms with Gasteiger partial charge in [0.15, 0.2) is 0 Å². The minimum atomic E-state index is -0.414. The minimum Gasteiger partial charge on any atom is -0.490 e. The molecule has 0 spiro atoms. The molecule has 33 heavy (non-hydrogen) atoms. The van der Waals surface area contributed by atoms with Crippen molar-refractivity contribution < 1.29 is 19.1 Å². The molecule has 0 atom stereocenters. The number of anilines is 2. The van der Waals surface area contributed by atoms with Crippen molar-refractivity contribution in [1.29, 1.82) is 0 Å². The molecule has 0 fully saturated rings. The molecular formula is C24H23BrClN3O4. The number of nitrogens with one attached hydrogen (secondary N) is 2. The Kier molecular flexibility index (Phi) is 8.85. The monoisotopic (exact) mass is 531 g/mol. The summed E-state index contributed by atoms with van der Waals surface area (Å²) in [6, 6.07) is 17.0. The molecule has 0 unspecified atom stereocenters. The van der Waals surface area contributed by atoms with Crippen LogP contribution < -0.4 is 21.1 Å². The highest BCUT2D eigenvalue weighted by Gasteiger charge is 2.17. The average molecular weight is 533 g/mol. The van der Waals surface area contributed by atoms with Crippen molar-refractivity contribution in [2.24, 2.45) is 5.73 Å². The highest BCUT2D eigenvalue weighted by atomic mass is 79.9. The molecule has 0 aromatic heterocycles. The molecule has 3 aromatic carbocycles. The fourth-order valence-electron chi connectivity index (χ4n) is 2.95. The maximum Gasteiger partial charge on any atom is 0.259 e. The Bertz CT molecular complexity index is 1140. The number of carbonyl (C=O) groups is 2. The van der Waals surface area contributed by atoms with Crippen molar-refractivity contribution in [2.75, 3.05) is 31.0 Å². The molecule has 0 aliphatic rings. The van der Waals surface area contributed by atoms with Crippen LogP contribution in [0, 0.1) is 0 Å². The van der Waals surface area contributed by atoms with Crippen molar-refractivity contribution >= 4 is 50.7 Å². The first-order valence-electron chi connectivity index (χ1n) is 10.0. The lowest BCUT2D eigenvalue weighted by atomic mass is 10.1. The van der Waals surface area contributed by atoms with Gasteiger partial charge in [0.05, 0.1) is 22.8 Å². The number of ether oxygens (including phenoxy) is 2. The number of amides is 2. The lowest BCUT2D eigenvalue weighted by Gasteiger charge is -2.14. The van der Waals surface area contributed by atoms with E-state index >= 15 is 0 Å². The Labute approximate surface area is 205 Å². The number of methoxy groups -OCH3 is 1. The maximum atomic E-state index is 13.0. The van der Waals surface area contributed by atoms with Gasteiger partial charge in [-0.15, -0.1) is 0 Å². The molecule has 0 bridgehead atoms. The van der Waals surface area contributed by atoms with E-state index in [9.17, 15) is 9.59 Å². The largest absolute Gasteiger partial charge is 0.490 e. The van der Waals surface area contributed by atoms with Crippen molar-refractivity contribution in [3.63, 3.8) is 0 Å². The van der Waals surface area contributed by atoms with E-state index in [4.69, 9.17) is 26.8 Å². The highest BCUT2D eigenvalue weighted by Crippen LogP contribution is 2.26. The van der Waals surface area contributed by atoms with Crippen LogP contribution in [0.25, 0.3) is 0 Å². The summed E-state index contributed by atoms with van der Waals surface area (Å²) in [6.07, 6.45) is 0. The Morgan fingerprint density at radius 2 is 1.58 bits per heavy atom. The number of halogens is 2. The van der Waals surface area contributed by atoms with Crippen molar-refractivity contribution in [1.82, 2.24) is 0 Å². The van der Waals surface area contributed by atoms with Crippen molar-refractivity contribution in [2.45, 2.75) is 6.54 Å². The van der Waals surface area contributed by atoms with Gasteiger partial charge in [0.25, 0.3) is 11.8 Å². The molecule has 3 rings (SSSR count). The standard InChI is InChI=1S/C24H23BrClN3O4/c1-32-10-11-33-22-9-7-18(29-23(30)19-12-15(14-27)2-8-21(19)26)13-20(22)24(31)28-17-5-3-16(25)4-6-17/h2-9,12-13H,10-11,14,27H2,1H3,(H,28,31)(H,29,30). The quantitative estimate of drug-likeness (QED) is 0.333. The van der Waals surface area contributed by atoms with Crippen LogP contribution in [0.1, 0.15) is 26.3 Å². The topological polar surface area (TPSA) is 103 Å². The molecule has 4 N–H and O–H groups in total. The smallest absolute Gasteiger partial charge is 0.259 e. The Morgan fingerprint density at radius 3 is 2.27 bits per heavy atom. The second-order valence-corrected chi connectivity index (χ2v) is 8.31. The molecule has 172 valence electrons. The van der Waals surface area contributed by atoms with E-state index in [0.29, 0.717) is 34.3 Å². The lowest BCUT2D eigenvalue weighted by molar-refractivity contribution is 0.101. The van der Waals surface area contributed by atoms with E-state index in [-0.39, 0.29) is 24.6 Å². The van der Waals surface area contributed by atoms with E-state index in [1.165, 1.54) is 0 Å². The Balaban J connectivity index is 1.86. The summed E-state index contributed by atoms with van der Waals surface area (Å²) < 4.78 is 11.6. The second kappa shape index (κ2) is 11.8. The van der Waals surface area contributed by atoms with Crippen molar-refractivity contribution in [3.8, 4) is 5.75 Å². The fourth-order valence-corrected chi connectivity index (χ4v) is 3.42. The van der Waals surface area contributed by atoms with Crippen LogP contribution in [-0.2, 0) is 11.3 Å². The predicted molar refractivity (Wildman–Crippen MR) is 133 cm³/mol. The summed E-state index contributed by atoms with van der Waals surface area (Å²) >= 11 is 9.56. The van der Waals surface area contributed by atoms with Crippen LogP contribution in [-0.4, -0.2) is 32.1 Å².